The number of benzene rings is 2. The highest BCUT2D eigenvalue weighted by Gasteiger charge is 2.35. The molecule has 0 bridgehead atoms. The van der Waals surface area contributed by atoms with E-state index >= 15 is 0 Å². The number of anilines is 1. The predicted octanol–water partition coefficient (Wildman–Crippen LogP) is 4.25. The van der Waals surface area contributed by atoms with Gasteiger partial charge in [-0.1, -0.05) is 29.8 Å². The Balaban J connectivity index is 1.27. The summed E-state index contributed by atoms with van der Waals surface area (Å²) in [4.78, 5) is 39.2. The van der Waals surface area contributed by atoms with E-state index in [1.54, 1.807) is 47.6 Å². The van der Waals surface area contributed by atoms with Crippen molar-refractivity contribution in [2.24, 2.45) is 5.10 Å². The molecule has 1 fully saturated rings. The lowest BCUT2D eigenvalue weighted by Gasteiger charge is -2.19. The minimum absolute atomic E-state index is 0.0770. The fourth-order valence-electron chi connectivity index (χ4n) is 4.34. The fourth-order valence-corrected chi connectivity index (χ4v) is 4.34. The highest BCUT2D eigenvalue weighted by atomic mass is 16.5. The number of carbonyl (C=O) groups is 3. The molecule has 0 radical (unpaired) electrons. The maximum Gasteiger partial charge on any atom is 0.338 e. The lowest BCUT2D eigenvalue weighted by molar-refractivity contribution is -0.136. The third-order valence-electron chi connectivity index (χ3n) is 6.24. The van der Waals surface area contributed by atoms with Crippen molar-refractivity contribution in [2.75, 3.05) is 18.1 Å². The van der Waals surface area contributed by atoms with E-state index in [2.05, 4.69) is 5.10 Å². The van der Waals surface area contributed by atoms with E-state index in [-0.39, 0.29) is 5.91 Å². The number of nitrogens with zero attached hydrogens (tertiary/aromatic N) is 3. The molecule has 2 aliphatic rings. The van der Waals surface area contributed by atoms with Gasteiger partial charge in [-0.15, -0.1) is 0 Å². The van der Waals surface area contributed by atoms with Gasteiger partial charge in [-0.05, 0) is 55.3 Å². The van der Waals surface area contributed by atoms with Gasteiger partial charge in [0.25, 0.3) is 5.91 Å². The van der Waals surface area contributed by atoms with Gasteiger partial charge in [-0.3, -0.25) is 9.59 Å². The average molecular weight is 472 g/mol. The van der Waals surface area contributed by atoms with Crippen molar-refractivity contribution in [1.82, 2.24) is 5.01 Å². The van der Waals surface area contributed by atoms with Crippen LogP contribution in [0.15, 0.2) is 76.4 Å². The zero-order valence-electron chi connectivity index (χ0n) is 19.3. The first-order valence-electron chi connectivity index (χ1n) is 11.6. The zero-order chi connectivity index (χ0) is 24.4. The number of esters is 1. The van der Waals surface area contributed by atoms with Crippen LogP contribution in [0.4, 0.5) is 5.69 Å². The fraction of sp³-hybridized carbons (Fsp3) is 0.259. The summed E-state index contributed by atoms with van der Waals surface area (Å²) in [6, 6.07) is 17.7. The van der Waals surface area contributed by atoms with Gasteiger partial charge in [0, 0.05) is 25.1 Å². The Kier molecular flexibility index (Phi) is 6.18. The highest BCUT2D eigenvalue weighted by Crippen LogP contribution is 2.33. The van der Waals surface area contributed by atoms with E-state index in [0.717, 1.165) is 28.9 Å². The van der Waals surface area contributed by atoms with Crippen LogP contribution < -0.4 is 4.90 Å². The van der Waals surface area contributed by atoms with Gasteiger partial charge in [-0.2, -0.15) is 5.10 Å². The summed E-state index contributed by atoms with van der Waals surface area (Å²) in [6.45, 7) is 2.23. The Labute approximate surface area is 202 Å². The lowest BCUT2D eigenvalue weighted by Crippen LogP contribution is -2.31. The Morgan fingerprint density at radius 1 is 1.09 bits per heavy atom. The summed E-state index contributed by atoms with van der Waals surface area (Å²) < 4.78 is 10.9. The minimum Gasteiger partial charge on any atom is -0.467 e. The molecule has 35 heavy (non-hydrogen) atoms. The quantitative estimate of drug-likeness (QED) is 0.501. The van der Waals surface area contributed by atoms with Crippen molar-refractivity contribution in [2.45, 2.75) is 32.2 Å². The van der Waals surface area contributed by atoms with Crippen molar-refractivity contribution >= 4 is 29.2 Å². The molecule has 2 aromatic carbocycles. The van der Waals surface area contributed by atoms with Crippen LogP contribution >= 0.6 is 0 Å². The second-order valence-corrected chi connectivity index (χ2v) is 8.66. The summed E-state index contributed by atoms with van der Waals surface area (Å²) in [5, 5.41) is 5.89. The van der Waals surface area contributed by atoms with Crippen molar-refractivity contribution in [3.63, 3.8) is 0 Å². The Morgan fingerprint density at radius 2 is 1.86 bits per heavy atom. The van der Waals surface area contributed by atoms with Gasteiger partial charge in [0.2, 0.25) is 5.91 Å². The summed E-state index contributed by atoms with van der Waals surface area (Å²) in [6.07, 6.45) is 3.41. The van der Waals surface area contributed by atoms with Crippen molar-refractivity contribution < 1.29 is 23.5 Å². The molecular formula is C27H25N3O5. The summed E-state index contributed by atoms with van der Waals surface area (Å²) >= 11 is 0. The van der Waals surface area contributed by atoms with Crippen molar-refractivity contribution in [3.8, 4) is 0 Å². The molecule has 1 aromatic heterocycles. The summed E-state index contributed by atoms with van der Waals surface area (Å²) in [5.74, 6) is -0.369. The van der Waals surface area contributed by atoms with Gasteiger partial charge in [0.05, 0.1) is 17.5 Å². The molecule has 8 nitrogen and oxygen atoms in total. The van der Waals surface area contributed by atoms with E-state index < -0.39 is 24.5 Å². The van der Waals surface area contributed by atoms with E-state index in [1.807, 2.05) is 31.2 Å². The molecular weight excluding hydrogens is 446 g/mol. The lowest BCUT2D eigenvalue weighted by atomic mass is 10.0. The Morgan fingerprint density at radius 3 is 2.51 bits per heavy atom. The number of carbonyl (C=O) groups excluding carboxylic acids is 3. The second kappa shape index (κ2) is 9.58. The third kappa shape index (κ3) is 4.73. The number of furan rings is 1. The normalized spacial score (nSPS) is 17.6. The molecule has 5 rings (SSSR count). The minimum atomic E-state index is -0.617. The first kappa shape index (κ1) is 22.6. The van der Waals surface area contributed by atoms with Crippen molar-refractivity contribution in [3.05, 3.63) is 89.4 Å². The molecule has 0 N–H and O–H groups in total. The first-order chi connectivity index (χ1) is 17.0. The maximum absolute atomic E-state index is 13.0. The predicted molar refractivity (Wildman–Crippen MR) is 129 cm³/mol. The van der Waals surface area contributed by atoms with E-state index in [0.29, 0.717) is 30.7 Å². The van der Waals surface area contributed by atoms with Gasteiger partial charge >= 0.3 is 5.97 Å². The largest absolute Gasteiger partial charge is 0.467 e. The molecule has 1 saturated heterocycles. The topological polar surface area (TPSA) is 92.4 Å². The zero-order valence-corrected chi connectivity index (χ0v) is 19.3. The van der Waals surface area contributed by atoms with Crippen LogP contribution in [0.25, 0.3) is 0 Å². The number of aryl methyl sites for hydroxylation is 1. The molecule has 2 aliphatic heterocycles. The van der Waals surface area contributed by atoms with Gasteiger partial charge in [0.15, 0.2) is 6.61 Å². The summed E-state index contributed by atoms with van der Waals surface area (Å²) in [7, 11) is 0. The van der Waals surface area contributed by atoms with Gasteiger partial charge < -0.3 is 14.1 Å². The van der Waals surface area contributed by atoms with Crippen LogP contribution in [-0.4, -0.2) is 41.7 Å². The van der Waals surface area contributed by atoms with Crippen LogP contribution in [0.2, 0.25) is 0 Å². The smallest absolute Gasteiger partial charge is 0.338 e. The van der Waals surface area contributed by atoms with Crippen LogP contribution in [-0.2, 0) is 14.3 Å². The Hall–Kier alpha value is -4.20. The number of amides is 2. The third-order valence-corrected chi connectivity index (χ3v) is 6.24. The monoisotopic (exact) mass is 471 g/mol. The number of ether oxygens (including phenoxy) is 1. The van der Waals surface area contributed by atoms with Crippen LogP contribution in [0.3, 0.4) is 0 Å². The first-order valence-corrected chi connectivity index (χ1v) is 11.6. The van der Waals surface area contributed by atoms with Crippen molar-refractivity contribution in [1.29, 1.82) is 0 Å². The number of hydrogen-bond acceptors (Lipinski definition) is 6. The average Bonchev–Trinajstić information content (AvgIpc) is 3.63. The van der Waals surface area contributed by atoms with E-state index in [9.17, 15) is 14.4 Å². The molecule has 3 aromatic rings. The molecule has 1 atom stereocenters. The van der Waals surface area contributed by atoms with Gasteiger partial charge in [0.1, 0.15) is 11.8 Å². The van der Waals surface area contributed by atoms with Gasteiger partial charge in [-0.25, -0.2) is 9.80 Å². The maximum atomic E-state index is 13.0. The van der Waals surface area contributed by atoms with E-state index in [4.69, 9.17) is 9.15 Å². The number of hydrazone groups is 1. The molecule has 0 saturated carbocycles. The molecule has 0 spiro atoms. The SMILES string of the molecule is Cc1ccc(C2=NN(C(=O)COC(=O)c3ccc(N4CCCC4=O)cc3)C(c3ccco3)C2)cc1. The number of hydrogen-bond donors (Lipinski definition) is 0. The standard InChI is InChI=1S/C27H25N3O5/c1-18-6-8-19(9-7-18)22-16-23(24-4-3-15-34-24)30(28-22)26(32)17-35-27(33)20-10-12-21(13-11-20)29-14-2-5-25(29)31/h3-4,6-13,15,23H,2,5,14,16-17H2,1H3. The van der Waals surface area contributed by atoms with Crippen LogP contribution in [0.1, 0.15) is 52.5 Å². The molecule has 178 valence electrons. The van der Waals surface area contributed by atoms with Crippen LogP contribution in [0.5, 0.6) is 0 Å². The summed E-state index contributed by atoms with van der Waals surface area (Å²) in [5.41, 5.74) is 3.88. The highest BCUT2D eigenvalue weighted by molar-refractivity contribution is 6.03. The molecule has 2 amide bonds. The molecule has 0 aliphatic carbocycles. The van der Waals surface area contributed by atoms with E-state index in [1.165, 1.54) is 5.01 Å². The molecule has 1 unspecified atom stereocenters. The molecule has 3 heterocycles. The van der Waals surface area contributed by atoms with Crippen LogP contribution in [0, 0.1) is 6.92 Å². The number of rotatable bonds is 6. The Bertz CT molecular complexity index is 1260. The molecule has 8 heteroatoms. The second-order valence-electron chi connectivity index (χ2n) is 8.66.